The molecule has 0 aromatic heterocycles. The minimum absolute atomic E-state index is 0.115. The van der Waals surface area contributed by atoms with E-state index in [2.05, 4.69) is 24.5 Å². The van der Waals surface area contributed by atoms with Gasteiger partial charge in [0, 0.05) is 24.9 Å². The van der Waals surface area contributed by atoms with E-state index in [9.17, 15) is 9.59 Å². The molecule has 212 valence electrons. The summed E-state index contributed by atoms with van der Waals surface area (Å²) in [6.07, 6.45) is 30.0. The third kappa shape index (κ3) is 17.4. The Balaban J connectivity index is 2.08. The highest BCUT2D eigenvalue weighted by Crippen LogP contribution is 2.30. The second-order valence-corrected chi connectivity index (χ2v) is 11.4. The third-order valence-electron chi connectivity index (χ3n) is 8.10. The molecule has 36 heavy (non-hydrogen) atoms. The minimum atomic E-state index is -0.130. The fourth-order valence-corrected chi connectivity index (χ4v) is 5.67. The number of hydrogen-bond donors (Lipinski definition) is 2. The van der Waals surface area contributed by atoms with Crippen LogP contribution in [-0.4, -0.2) is 24.9 Å². The zero-order chi connectivity index (χ0) is 26.1. The first-order valence-electron chi connectivity index (χ1n) is 16.3. The maximum absolute atomic E-state index is 12.8. The second kappa shape index (κ2) is 24.3. The van der Waals surface area contributed by atoms with Gasteiger partial charge in [-0.05, 0) is 25.7 Å². The van der Waals surface area contributed by atoms with Crippen LogP contribution in [0.2, 0.25) is 0 Å². The number of carbonyl (C=O) groups is 2. The van der Waals surface area contributed by atoms with Crippen LogP contribution in [-0.2, 0) is 9.59 Å². The highest BCUT2D eigenvalue weighted by atomic mass is 16.2. The van der Waals surface area contributed by atoms with Gasteiger partial charge in [-0.15, -0.1) is 0 Å². The monoisotopic (exact) mass is 506 g/mol. The van der Waals surface area contributed by atoms with Crippen LogP contribution in [0.3, 0.4) is 0 Å². The van der Waals surface area contributed by atoms with Crippen molar-refractivity contribution in [1.29, 1.82) is 0 Å². The summed E-state index contributed by atoms with van der Waals surface area (Å²) < 4.78 is 0. The summed E-state index contributed by atoms with van der Waals surface area (Å²) in [7, 11) is 0. The van der Waals surface area contributed by atoms with E-state index in [1.54, 1.807) is 0 Å². The Hall–Kier alpha value is -1.06. The summed E-state index contributed by atoms with van der Waals surface area (Å²) in [5, 5.41) is 6.31. The first kappa shape index (κ1) is 33.0. The largest absolute Gasteiger partial charge is 0.356 e. The van der Waals surface area contributed by atoms with Gasteiger partial charge in [0.25, 0.3) is 0 Å². The van der Waals surface area contributed by atoms with Gasteiger partial charge in [-0.25, -0.2) is 0 Å². The number of hydrogen-bond acceptors (Lipinski definition) is 2. The Morgan fingerprint density at radius 2 is 0.750 bits per heavy atom. The zero-order valence-corrected chi connectivity index (χ0v) is 24.4. The topological polar surface area (TPSA) is 58.2 Å². The third-order valence-corrected chi connectivity index (χ3v) is 8.10. The summed E-state index contributed by atoms with van der Waals surface area (Å²) in [4.78, 5) is 25.7. The molecule has 0 saturated heterocycles. The molecule has 2 atom stereocenters. The van der Waals surface area contributed by atoms with Gasteiger partial charge in [0.05, 0.1) is 0 Å². The maximum atomic E-state index is 12.8. The van der Waals surface area contributed by atoms with Crippen molar-refractivity contribution in [2.45, 2.75) is 168 Å². The predicted molar refractivity (Wildman–Crippen MR) is 155 cm³/mol. The Labute approximate surface area is 224 Å². The van der Waals surface area contributed by atoms with Gasteiger partial charge in [0.15, 0.2) is 0 Å². The maximum Gasteiger partial charge on any atom is 0.223 e. The van der Waals surface area contributed by atoms with Crippen LogP contribution in [0, 0.1) is 11.8 Å². The average molecular weight is 507 g/mol. The van der Waals surface area contributed by atoms with E-state index >= 15 is 0 Å². The van der Waals surface area contributed by atoms with Crippen LogP contribution < -0.4 is 10.6 Å². The van der Waals surface area contributed by atoms with Gasteiger partial charge in [0.2, 0.25) is 11.8 Å². The van der Waals surface area contributed by atoms with Crippen LogP contribution in [0.15, 0.2) is 0 Å². The lowest BCUT2D eigenvalue weighted by Crippen LogP contribution is -2.44. The normalized spacial score (nSPS) is 17.7. The summed E-state index contributed by atoms with van der Waals surface area (Å²) in [6.45, 7) is 6.06. The summed E-state index contributed by atoms with van der Waals surface area (Å²) in [6, 6.07) is 0. The first-order valence-corrected chi connectivity index (χ1v) is 16.3. The quantitative estimate of drug-likeness (QED) is 0.128. The zero-order valence-electron chi connectivity index (χ0n) is 24.4. The lowest BCUT2D eigenvalue weighted by Gasteiger charge is -2.29. The van der Waals surface area contributed by atoms with Gasteiger partial charge in [-0.2, -0.15) is 0 Å². The number of nitrogens with one attached hydrogen (secondary N) is 2. The Kier molecular flexibility index (Phi) is 22.2. The number of unbranched alkanes of at least 4 members (excludes halogenated alkanes) is 18. The van der Waals surface area contributed by atoms with Crippen molar-refractivity contribution in [2.75, 3.05) is 13.1 Å². The summed E-state index contributed by atoms with van der Waals surface area (Å²) >= 11 is 0. The molecule has 0 heterocycles. The molecule has 0 spiro atoms. The van der Waals surface area contributed by atoms with E-state index in [1.807, 2.05) is 0 Å². The molecular formula is C32H62N2O2. The molecule has 4 nitrogen and oxygen atoms in total. The minimum Gasteiger partial charge on any atom is -0.356 e. The number of amides is 2. The van der Waals surface area contributed by atoms with Crippen LogP contribution in [0.1, 0.15) is 168 Å². The highest BCUT2D eigenvalue weighted by Gasteiger charge is 2.35. The standard InChI is InChI=1S/C32H62N2O2/c1-3-5-7-9-11-13-15-17-19-23-27-33-31(35)29-25-21-22-26-30(29)32(36)34-28-24-20-18-16-14-12-10-8-6-4-2/h29-30H,3-28H2,1-2H3,(H,33,35)(H,34,36)/t29-,30-/m0/s1. The number of rotatable bonds is 24. The SMILES string of the molecule is CCCCCCCCCCCCNC(=O)[C@H]1CCCC[C@@H]1C(=O)NCCCCCCCCCCCC. The molecule has 2 N–H and O–H groups in total. The van der Waals surface area contributed by atoms with E-state index in [0.29, 0.717) is 0 Å². The van der Waals surface area contributed by atoms with E-state index < -0.39 is 0 Å². The van der Waals surface area contributed by atoms with Crippen LogP contribution in [0.5, 0.6) is 0 Å². The first-order chi connectivity index (χ1) is 17.7. The van der Waals surface area contributed by atoms with Crippen LogP contribution in [0.25, 0.3) is 0 Å². The van der Waals surface area contributed by atoms with Gasteiger partial charge in [0.1, 0.15) is 0 Å². The van der Waals surface area contributed by atoms with E-state index in [-0.39, 0.29) is 23.7 Å². The van der Waals surface area contributed by atoms with Crippen LogP contribution in [0.4, 0.5) is 0 Å². The fourth-order valence-electron chi connectivity index (χ4n) is 5.67. The van der Waals surface area contributed by atoms with Crippen molar-refractivity contribution in [2.24, 2.45) is 11.8 Å². The Morgan fingerprint density at radius 3 is 1.06 bits per heavy atom. The molecule has 4 heteroatoms. The van der Waals surface area contributed by atoms with Gasteiger partial charge in [-0.3, -0.25) is 9.59 Å². The van der Waals surface area contributed by atoms with Crippen molar-refractivity contribution < 1.29 is 9.59 Å². The molecule has 1 aliphatic carbocycles. The molecule has 0 aromatic carbocycles. The van der Waals surface area contributed by atoms with Gasteiger partial charge >= 0.3 is 0 Å². The number of carbonyl (C=O) groups excluding carboxylic acids is 2. The van der Waals surface area contributed by atoms with Crippen LogP contribution >= 0.6 is 0 Å². The van der Waals surface area contributed by atoms with Crippen molar-refractivity contribution in [3.63, 3.8) is 0 Å². The lowest BCUT2D eigenvalue weighted by atomic mass is 9.78. The van der Waals surface area contributed by atoms with Crippen molar-refractivity contribution in [3.8, 4) is 0 Å². The second-order valence-electron chi connectivity index (χ2n) is 11.4. The molecule has 0 bridgehead atoms. The van der Waals surface area contributed by atoms with E-state index in [4.69, 9.17) is 0 Å². The Morgan fingerprint density at radius 1 is 0.472 bits per heavy atom. The van der Waals surface area contributed by atoms with Gasteiger partial charge < -0.3 is 10.6 Å². The molecule has 1 fully saturated rings. The molecule has 1 saturated carbocycles. The molecule has 0 aromatic rings. The van der Waals surface area contributed by atoms with Crippen molar-refractivity contribution in [3.05, 3.63) is 0 Å². The molecular weight excluding hydrogens is 444 g/mol. The van der Waals surface area contributed by atoms with E-state index in [0.717, 1.165) is 51.6 Å². The average Bonchev–Trinajstić information content (AvgIpc) is 2.90. The fraction of sp³-hybridized carbons (Fsp3) is 0.938. The summed E-state index contributed by atoms with van der Waals surface area (Å²) in [5.41, 5.74) is 0. The lowest BCUT2D eigenvalue weighted by molar-refractivity contribution is -0.136. The molecule has 0 radical (unpaired) electrons. The van der Waals surface area contributed by atoms with Gasteiger partial charge in [-0.1, -0.05) is 142 Å². The molecule has 1 rings (SSSR count). The molecule has 2 amide bonds. The van der Waals surface area contributed by atoms with Crippen molar-refractivity contribution >= 4 is 11.8 Å². The van der Waals surface area contributed by atoms with Crippen molar-refractivity contribution in [1.82, 2.24) is 10.6 Å². The molecule has 0 aliphatic heterocycles. The molecule has 0 unspecified atom stereocenters. The predicted octanol–water partition coefficient (Wildman–Crippen LogP) is 8.87. The van der Waals surface area contributed by atoms with E-state index in [1.165, 1.54) is 116 Å². The Bertz CT molecular complexity index is 476. The smallest absolute Gasteiger partial charge is 0.223 e. The highest BCUT2D eigenvalue weighted by molar-refractivity contribution is 5.87. The molecule has 1 aliphatic rings. The summed E-state index contributed by atoms with van der Waals surface area (Å²) in [5.74, 6) is -0.0291.